The molecule has 2 aromatic rings. The molecule has 0 atom stereocenters. The number of rotatable bonds is 7. The molecule has 0 aliphatic rings. The lowest BCUT2D eigenvalue weighted by Crippen LogP contribution is -2.22. The van der Waals surface area contributed by atoms with Crippen LogP contribution in [0.15, 0.2) is 41.3 Å². The summed E-state index contributed by atoms with van der Waals surface area (Å²) in [5.74, 6) is 0. The smallest absolute Gasteiger partial charge is 0.186 e. The van der Waals surface area contributed by atoms with Crippen molar-refractivity contribution in [3.05, 3.63) is 63.6 Å². The van der Waals surface area contributed by atoms with Crippen molar-refractivity contribution in [1.82, 2.24) is 9.88 Å². The first-order chi connectivity index (χ1) is 10.7. The van der Waals surface area contributed by atoms with E-state index in [1.807, 2.05) is 13.1 Å². The molecule has 3 heteroatoms. The van der Waals surface area contributed by atoms with Crippen LogP contribution in [0, 0.1) is 6.92 Å². The Bertz CT molecular complexity index is 656. The lowest BCUT2D eigenvalue weighted by molar-refractivity contribution is 0.637. The molecule has 1 aromatic heterocycles. The predicted octanol–water partition coefficient (Wildman–Crippen LogP) is 3.60. The van der Waals surface area contributed by atoms with Crippen LogP contribution in [0.25, 0.3) is 5.69 Å². The van der Waals surface area contributed by atoms with Gasteiger partial charge in [0.2, 0.25) is 0 Å². The fourth-order valence-electron chi connectivity index (χ4n) is 2.50. The molecule has 118 valence electrons. The summed E-state index contributed by atoms with van der Waals surface area (Å²) in [5, 5.41) is 3.35. The second kappa shape index (κ2) is 7.95. The van der Waals surface area contributed by atoms with Gasteiger partial charge in [-0.2, -0.15) is 0 Å². The van der Waals surface area contributed by atoms with Crippen molar-refractivity contribution >= 4 is 0 Å². The van der Waals surface area contributed by atoms with Crippen molar-refractivity contribution < 1.29 is 0 Å². The molecule has 3 nitrogen and oxygen atoms in total. The zero-order chi connectivity index (χ0) is 15.9. The first kappa shape index (κ1) is 16.5. The van der Waals surface area contributed by atoms with Gasteiger partial charge in [-0.05, 0) is 44.0 Å². The number of hydrogen-bond acceptors (Lipinski definition) is 2. The summed E-state index contributed by atoms with van der Waals surface area (Å²) in [4.78, 5) is 12.1. The Balaban J connectivity index is 2.25. The Hall–Kier alpha value is -1.87. The highest BCUT2D eigenvalue weighted by molar-refractivity contribution is 5.37. The van der Waals surface area contributed by atoms with E-state index in [0.717, 1.165) is 42.8 Å². The zero-order valence-electron chi connectivity index (χ0n) is 13.9. The van der Waals surface area contributed by atoms with Gasteiger partial charge in [-0.15, -0.1) is 0 Å². The normalized spacial score (nSPS) is 10.9. The van der Waals surface area contributed by atoms with Gasteiger partial charge in [-0.25, -0.2) is 0 Å². The number of pyridine rings is 1. The van der Waals surface area contributed by atoms with E-state index >= 15 is 0 Å². The highest BCUT2D eigenvalue weighted by Gasteiger charge is 2.05. The lowest BCUT2D eigenvalue weighted by atomic mass is 10.1. The molecule has 0 spiro atoms. The summed E-state index contributed by atoms with van der Waals surface area (Å²) in [5.41, 5.74) is 4.32. The van der Waals surface area contributed by atoms with Crippen LogP contribution in [0.5, 0.6) is 0 Å². The molecule has 2 rings (SSSR count). The number of aryl methyl sites for hydroxylation is 2. The van der Waals surface area contributed by atoms with Crippen molar-refractivity contribution in [2.24, 2.45) is 0 Å². The second-order valence-electron chi connectivity index (χ2n) is 5.72. The summed E-state index contributed by atoms with van der Waals surface area (Å²) in [6, 6.07) is 10.2. The van der Waals surface area contributed by atoms with Gasteiger partial charge < -0.3 is 9.88 Å². The summed E-state index contributed by atoms with van der Waals surface area (Å²) >= 11 is 0. The van der Waals surface area contributed by atoms with Gasteiger partial charge in [0.05, 0.1) is 0 Å². The number of aromatic nitrogens is 1. The molecule has 1 heterocycles. The number of hydrogen-bond donors (Lipinski definition) is 1. The minimum Gasteiger partial charge on any atom is -0.321 e. The molecule has 0 amide bonds. The monoisotopic (exact) mass is 298 g/mol. The van der Waals surface area contributed by atoms with Gasteiger partial charge in [0, 0.05) is 35.8 Å². The second-order valence-corrected chi connectivity index (χ2v) is 5.72. The van der Waals surface area contributed by atoms with Crippen molar-refractivity contribution in [2.75, 3.05) is 6.54 Å². The molecule has 0 saturated heterocycles. The third-order valence-corrected chi connectivity index (χ3v) is 3.97. The minimum atomic E-state index is 0.114. The Kier molecular flexibility index (Phi) is 5.96. The van der Waals surface area contributed by atoms with E-state index < -0.39 is 0 Å². The van der Waals surface area contributed by atoms with Crippen LogP contribution in [-0.4, -0.2) is 11.1 Å². The molecule has 0 aliphatic heterocycles. The van der Waals surface area contributed by atoms with Gasteiger partial charge in [-0.3, -0.25) is 4.79 Å². The van der Waals surface area contributed by atoms with Crippen LogP contribution in [0.3, 0.4) is 0 Å². The van der Waals surface area contributed by atoms with Crippen molar-refractivity contribution in [1.29, 1.82) is 0 Å². The zero-order valence-corrected chi connectivity index (χ0v) is 13.9. The van der Waals surface area contributed by atoms with Crippen LogP contribution in [0.4, 0.5) is 0 Å². The van der Waals surface area contributed by atoms with Gasteiger partial charge in [0.1, 0.15) is 0 Å². The number of nitrogens with one attached hydrogen (secondary N) is 1. The number of benzene rings is 1. The first-order valence-electron chi connectivity index (χ1n) is 8.18. The first-order valence-corrected chi connectivity index (χ1v) is 8.18. The van der Waals surface area contributed by atoms with Crippen LogP contribution < -0.4 is 10.7 Å². The Labute approximate surface area is 133 Å². The molecule has 1 N–H and O–H groups in total. The summed E-state index contributed by atoms with van der Waals surface area (Å²) < 4.78 is 2.09. The Morgan fingerprint density at radius 2 is 1.86 bits per heavy atom. The fourth-order valence-corrected chi connectivity index (χ4v) is 2.50. The van der Waals surface area contributed by atoms with E-state index in [0.29, 0.717) is 6.54 Å². The van der Waals surface area contributed by atoms with Crippen LogP contribution in [0.1, 0.15) is 43.5 Å². The van der Waals surface area contributed by atoms with Crippen molar-refractivity contribution in [2.45, 2.75) is 46.6 Å². The van der Waals surface area contributed by atoms with E-state index in [9.17, 15) is 4.79 Å². The van der Waals surface area contributed by atoms with E-state index in [2.05, 4.69) is 48.0 Å². The lowest BCUT2D eigenvalue weighted by Gasteiger charge is -2.13. The largest absolute Gasteiger partial charge is 0.321 e. The molecule has 0 bridgehead atoms. The molecule has 0 fully saturated rings. The minimum absolute atomic E-state index is 0.114. The van der Waals surface area contributed by atoms with E-state index in [1.54, 1.807) is 6.07 Å². The van der Waals surface area contributed by atoms with Gasteiger partial charge in [-0.1, -0.05) is 32.4 Å². The maximum Gasteiger partial charge on any atom is 0.186 e. The predicted molar refractivity (Wildman–Crippen MR) is 92.8 cm³/mol. The standard InChI is InChI=1S/C19H26N2O/c1-4-6-11-20-13-17-14-21(15(3)12-19(17)22)18-9-7-16(5-2)8-10-18/h7-10,12,14,20H,4-6,11,13H2,1-3H3. The molecule has 0 aliphatic carbocycles. The van der Waals surface area contributed by atoms with E-state index in [1.165, 1.54) is 5.56 Å². The van der Waals surface area contributed by atoms with E-state index in [4.69, 9.17) is 0 Å². The number of nitrogens with zero attached hydrogens (tertiary/aromatic N) is 1. The SMILES string of the molecule is CCCCNCc1cn(-c2ccc(CC)cc2)c(C)cc1=O. The van der Waals surface area contributed by atoms with Gasteiger partial charge >= 0.3 is 0 Å². The Morgan fingerprint density at radius 1 is 1.14 bits per heavy atom. The third kappa shape index (κ3) is 4.08. The average molecular weight is 298 g/mol. The molecule has 22 heavy (non-hydrogen) atoms. The number of unbranched alkanes of at least 4 members (excludes halogenated alkanes) is 1. The summed E-state index contributed by atoms with van der Waals surface area (Å²) in [6.07, 6.45) is 5.31. The quantitative estimate of drug-likeness (QED) is 0.793. The fraction of sp³-hybridized carbons (Fsp3) is 0.421. The van der Waals surface area contributed by atoms with Crippen molar-refractivity contribution in [3.63, 3.8) is 0 Å². The topological polar surface area (TPSA) is 34.0 Å². The van der Waals surface area contributed by atoms with Crippen LogP contribution in [0.2, 0.25) is 0 Å². The third-order valence-electron chi connectivity index (χ3n) is 3.97. The van der Waals surface area contributed by atoms with Gasteiger partial charge in [0.15, 0.2) is 5.43 Å². The highest BCUT2D eigenvalue weighted by Crippen LogP contribution is 2.13. The molecule has 0 radical (unpaired) electrons. The maximum atomic E-state index is 12.1. The van der Waals surface area contributed by atoms with Gasteiger partial charge in [0.25, 0.3) is 0 Å². The maximum absolute atomic E-state index is 12.1. The summed E-state index contributed by atoms with van der Waals surface area (Å²) in [6.45, 7) is 7.88. The van der Waals surface area contributed by atoms with Crippen LogP contribution >= 0.6 is 0 Å². The molecule has 1 aromatic carbocycles. The molecular weight excluding hydrogens is 272 g/mol. The average Bonchev–Trinajstić information content (AvgIpc) is 2.53. The summed E-state index contributed by atoms with van der Waals surface area (Å²) in [7, 11) is 0. The highest BCUT2D eigenvalue weighted by atomic mass is 16.1. The molecule has 0 saturated carbocycles. The molecular formula is C19H26N2O. The van der Waals surface area contributed by atoms with Crippen LogP contribution in [-0.2, 0) is 13.0 Å². The Morgan fingerprint density at radius 3 is 2.50 bits per heavy atom. The van der Waals surface area contributed by atoms with E-state index in [-0.39, 0.29) is 5.43 Å². The molecule has 0 unspecified atom stereocenters. The van der Waals surface area contributed by atoms with Crippen molar-refractivity contribution in [3.8, 4) is 5.69 Å².